The first kappa shape index (κ1) is 11.6. The number of H-pyrrole nitrogens is 1. The summed E-state index contributed by atoms with van der Waals surface area (Å²) in [5, 5.41) is 6.33. The van der Waals surface area contributed by atoms with E-state index in [0.717, 1.165) is 0 Å². The molecule has 0 saturated carbocycles. The van der Waals surface area contributed by atoms with Crippen molar-refractivity contribution in [3.05, 3.63) is 18.0 Å². The Morgan fingerprint density at radius 3 is 2.93 bits per heavy atom. The van der Waals surface area contributed by atoms with Crippen LogP contribution in [-0.2, 0) is 0 Å². The number of carbonyl (C=O) groups is 1. The fourth-order valence-electron chi connectivity index (χ4n) is 1.16. The monoisotopic (exact) mass is 226 g/mol. The quantitative estimate of drug-likeness (QED) is 0.729. The van der Waals surface area contributed by atoms with Crippen molar-refractivity contribution >= 4 is 23.1 Å². The van der Waals surface area contributed by atoms with E-state index in [-0.39, 0.29) is 11.8 Å². The predicted molar refractivity (Wildman–Crippen MR) is 61.5 cm³/mol. The highest BCUT2D eigenvalue weighted by Crippen LogP contribution is 2.03. The van der Waals surface area contributed by atoms with Crippen LogP contribution in [0.4, 0.5) is 0 Å². The molecular weight excluding hydrogens is 212 g/mol. The number of thiocarbonyl (C=S) groups is 1. The number of aromatic nitrogens is 2. The Labute approximate surface area is 93.6 Å². The van der Waals surface area contributed by atoms with Crippen molar-refractivity contribution in [1.82, 2.24) is 15.1 Å². The lowest BCUT2D eigenvalue weighted by molar-refractivity contribution is 0.0781. The average Bonchev–Trinajstić information content (AvgIpc) is 2.68. The van der Waals surface area contributed by atoms with Crippen molar-refractivity contribution in [2.45, 2.75) is 6.92 Å². The van der Waals surface area contributed by atoms with Gasteiger partial charge in [-0.3, -0.25) is 9.89 Å². The fourth-order valence-corrected chi connectivity index (χ4v) is 1.24. The highest BCUT2D eigenvalue weighted by molar-refractivity contribution is 7.80. The Hall–Kier alpha value is -1.43. The summed E-state index contributed by atoms with van der Waals surface area (Å²) < 4.78 is 0. The Balaban J connectivity index is 2.58. The van der Waals surface area contributed by atoms with Crippen molar-refractivity contribution in [3.63, 3.8) is 0 Å². The summed E-state index contributed by atoms with van der Waals surface area (Å²) in [5.74, 6) is -0.104. The van der Waals surface area contributed by atoms with Gasteiger partial charge in [0.2, 0.25) is 0 Å². The van der Waals surface area contributed by atoms with Crippen LogP contribution in [0.3, 0.4) is 0 Å². The van der Waals surface area contributed by atoms with Gasteiger partial charge >= 0.3 is 0 Å². The molecule has 1 heterocycles. The van der Waals surface area contributed by atoms with Crippen LogP contribution >= 0.6 is 12.2 Å². The first-order valence-electron chi connectivity index (χ1n) is 4.56. The number of nitrogens with zero attached hydrogens (tertiary/aromatic N) is 2. The van der Waals surface area contributed by atoms with Crippen LogP contribution in [0.2, 0.25) is 0 Å². The maximum atomic E-state index is 11.7. The van der Waals surface area contributed by atoms with Crippen molar-refractivity contribution < 1.29 is 4.79 Å². The molecule has 0 bridgehead atoms. The van der Waals surface area contributed by atoms with Crippen molar-refractivity contribution in [2.75, 3.05) is 13.6 Å². The molecule has 5 nitrogen and oxygen atoms in total. The molecule has 15 heavy (non-hydrogen) atoms. The van der Waals surface area contributed by atoms with E-state index in [2.05, 4.69) is 10.2 Å². The van der Waals surface area contributed by atoms with Gasteiger partial charge in [-0.05, 0) is 6.07 Å². The summed E-state index contributed by atoms with van der Waals surface area (Å²) in [4.78, 5) is 13.7. The molecule has 1 unspecified atom stereocenters. The van der Waals surface area contributed by atoms with E-state index in [4.69, 9.17) is 18.0 Å². The highest BCUT2D eigenvalue weighted by Gasteiger charge is 2.16. The summed E-state index contributed by atoms with van der Waals surface area (Å²) >= 11 is 4.84. The number of rotatable bonds is 4. The molecule has 0 radical (unpaired) electrons. The smallest absolute Gasteiger partial charge is 0.271 e. The van der Waals surface area contributed by atoms with Gasteiger partial charge in [-0.1, -0.05) is 19.1 Å². The molecule has 0 aromatic carbocycles. The van der Waals surface area contributed by atoms with E-state index < -0.39 is 0 Å². The zero-order valence-electron chi connectivity index (χ0n) is 8.73. The maximum Gasteiger partial charge on any atom is 0.271 e. The number of nitrogens with two attached hydrogens (primary N) is 1. The molecule has 0 saturated heterocycles. The summed E-state index contributed by atoms with van der Waals surface area (Å²) in [6.07, 6.45) is 1.54. The van der Waals surface area contributed by atoms with Gasteiger partial charge in [-0.2, -0.15) is 5.10 Å². The Morgan fingerprint density at radius 2 is 2.47 bits per heavy atom. The molecule has 0 aliphatic rings. The van der Waals surface area contributed by atoms with Gasteiger partial charge in [0.1, 0.15) is 5.69 Å². The van der Waals surface area contributed by atoms with E-state index in [0.29, 0.717) is 17.2 Å². The molecule has 0 fully saturated rings. The third-order valence-electron chi connectivity index (χ3n) is 2.11. The minimum Gasteiger partial charge on any atom is -0.393 e. The lowest BCUT2D eigenvalue weighted by Crippen LogP contribution is -2.35. The molecule has 0 aliphatic carbocycles. The predicted octanol–water partition coefficient (Wildman–Crippen LogP) is 0.404. The summed E-state index contributed by atoms with van der Waals surface area (Å²) in [7, 11) is 1.71. The zero-order valence-corrected chi connectivity index (χ0v) is 9.54. The maximum absolute atomic E-state index is 11.7. The number of aromatic amines is 1. The topological polar surface area (TPSA) is 75.0 Å². The molecular formula is C9H14N4OS. The summed E-state index contributed by atoms with van der Waals surface area (Å²) in [5.41, 5.74) is 5.94. The normalized spacial score (nSPS) is 12.1. The minimum atomic E-state index is -0.115. The van der Waals surface area contributed by atoms with Gasteiger partial charge in [0.25, 0.3) is 5.91 Å². The van der Waals surface area contributed by atoms with E-state index in [9.17, 15) is 4.79 Å². The van der Waals surface area contributed by atoms with Gasteiger partial charge in [-0.25, -0.2) is 0 Å². The molecule has 3 N–H and O–H groups in total. The second kappa shape index (κ2) is 4.88. The van der Waals surface area contributed by atoms with Gasteiger partial charge in [0.15, 0.2) is 0 Å². The highest BCUT2D eigenvalue weighted by atomic mass is 32.1. The number of amides is 1. The van der Waals surface area contributed by atoms with Crippen molar-refractivity contribution in [2.24, 2.45) is 11.7 Å². The van der Waals surface area contributed by atoms with Crippen LogP contribution in [0.15, 0.2) is 12.3 Å². The molecule has 0 aliphatic heterocycles. The zero-order chi connectivity index (χ0) is 11.4. The molecule has 1 aromatic heterocycles. The Kier molecular flexibility index (Phi) is 3.79. The summed E-state index contributed by atoms with van der Waals surface area (Å²) in [6.45, 7) is 2.40. The number of hydrogen-bond donors (Lipinski definition) is 2. The lowest BCUT2D eigenvalue weighted by atomic mass is 10.1. The first-order chi connectivity index (χ1) is 7.02. The molecule has 82 valence electrons. The minimum absolute atomic E-state index is 0.0110. The van der Waals surface area contributed by atoms with Crippen LogP contribution < -0.4 is 5.73 Å². The number of hydrogen-bond acceptors (Lipinski definition) is 3. The van der Waals surface area contributed by atoms with Crippen molar-refractivity contribution in [3.8, 4) is 0 Å². The van der Waals surface area contributed by atoms with Crippen LogP contribution in [0.25, 0.3) is 0 Å². The van der Waals surface area contributed by atoms with E-state index >= 15 is 0 Å². The molecule has 6 heteroatoms. The lowest BCUT2D eigenvalue weighted by Gasteiger charge is -2.20. The van der Waals surface area contributed by atoms with Gasteiger partial charge in [0.05, 0.1) is 4.99 Å². The molecule has 0 spiro atoms. The van der Waals surface area contributed by atoms with Crippen LogP contribution in [0.5, 0.6) is 0 Å². The van der Waals surface area contributed by atoms with Crippen LogP contribution in [0.1, 0.15) is 17.4 Å². The van der Waals surface area contributed by atoms with E-state index in [1.54, 1.807) is 18.0 Å². The Bertz CT molecular complexity index is 349. The molecule has 1 aromatic rings. The van der Waals surface area contributed by atoms with Crippen LogP contribution in [-0.4, -0.2) is 39.6 Å². The summed E-state index contributed by atoms with van der Waals surface area (Å²) in [6, 6.07) is 1.63. The molecule has 1 rings (SSSR count). The van der Waals surface area contributed by atoms with Gasteiger partial charge in [0, 0.05) is 25.7 Å². The first-order valence-corrected chi connectivity index (χ1v) is 4.97. The molecule has 1 atom stereocenters. The Morgan fingerprint density at radius 1 is 1.80 bits per heavy atom. The van der Waals surface area contributed by atoms with Gasteiger partial charge < -0.3 is 10.6 Å². The fraction of sp³-hybridized carbons (Fsp3) is 0.444. The third kappa shape index (κ3) is 3.02. The average molecular weight is 226 g/mol. The second-order valence-corrected chi connectivity index (χ2v) is 3.93. The van der Waals surface area contributed by atoms with E-state index in [1.807, 2.05) is 6.92 Å². The van der Waals surface area contributed by atoms with Crippen LogP contribution in [0, 0.1) is 5.92 Å². The van der Waals surface area contributed by atoms with Gasteiger partial charge in [-0.15, -0.1) is 0 Å². The molecule has 1 amide bonds. The van der Waals surface area contributed by atoms with Crippen molar-refractivity contribution in [1.29, 1.82) is 0 Å². The SMILES string of the molecule is CC(CN(C)C(=O)c1ccn[nH]1)C(N)=S. The standard InChI is InChI=1S/C9H14N4OS/c1-6(8(10)15)5-13(2)9(14)7-3-4-11-12-7/h3-4,6H,5H2,1-2H3,(H2,10,15)(H,11,12). The largest absolute Gasteiger partial charge is 0.393 e. The third-order valence-corrected chi connectivity index (χ3v) is 2.51. The van der Waals surface area contributed by atoms with E-state index in [1.165, 1.54) is 6.20 Å². The number of nitrogens with one attached hydrogen (secondary N) is 1. The number of carbonyl (C=O) groups excluding carboxylic acids is 1. The second-order valence-electron chi connectivity index (χ2n) is 3.46.